The normalized spacial score (nSPS) is 11.8. The van der Waals surface area contributed by atoms with E-state index in [1.165, 1.54) is 29.3 Å². The van der Waals surface area contributed by atoms with Gasteiger partial charge in [0.1, 0.15) is 11.5 Å². The molecular formula is C20H16Cl2F2N4O3S. The average molecular weight is 501 g/mol. The minimum Gasteiger partial charge on any atom is -0.368 e. The molecule has 0 bridgehead atoms. The summed E-state index contributed by atoms with van der Waals surface area (Å²) in [7, 11) is -0.937. The number of hydrogen-bond donors (Lipinski definition) is 1. The van der Waals surface area contributed by atoms with E-state index in [-0.39, 0.29) is 43.5 Å². The lowest BCUT2D eigenvalue weighted by Gasteiger charge is -2.12. The van der Waals surface area contributed by atoms with Gasteiger partial charge in [0.25, 0.3) is 10.0 Å². The van der Waals surface area contributed by atoms with Crippen LogP contribution in [0, 0.1) is 11.6 Å². The summed E-state index contributed by atoms with van der Waals surface area (Å²) in [6.45, 7) is 0. The molecular weight excluding hydrogens is 485 g/mol. The molecule has 0 aliphatic heterocycles. The van der Waals surface area contributed by atoms with Crippen molar-refractivity contribution in [1.82, 2.24) is 9.88 Å². The fourth-order valence-electron chi connectivity index (χ4n) is 2.79. The molecule has 2 aromatic carbocycles. The second kappa shape index (κ2) is 9.35. The van der Waals surface area contributed by atoms with Gasteiger partial charge in [-0.05, 0) is 35.9 Å². The Hall–Kier alpha value is -2.82. The summed E-state index contributed by atoms with van der Waals surface area (Å²) < 4.78 is 56.0. The monoisotopic (exact) mass is 500 g/mol. The summed E-state index contributed by atoms with van der Waals surface area (Å²) in [6.07, 6.45) is 2.10. The van der Waals surface area contributed by atoms with E-state index >= 15 is 0 Å². The predicted molar refractivity (Wildman–Crippen MR) is 120 cm³/mol. The smallest absolute Gasteiger partial charge is 0.284 e. The Kier molecular flexibility index (Phi) is 6.97. The fraction of sp³-hybridized carbons (Fsp3) is 0.150. The van der Waals surface area contributed by atoms with Crippen molar-refractivity contribution in [2.45, 2.75) is 11.3 Å². The highest BCUT2D eigenvalue weighted by Crippen LogP contribution is 2.32. The summed E-state index contributed by atoms with van der Waals surface area (Å²) >= 11 is 12.0. The number of carbonyl (C=O) groups is 1. The van der Waals surface area contributed by atoms with E-state index in [9.17, 15) is 22.0 Å². The molecule has 0 fully saturated rings. The topological polar surface area (TPSA) is 91.7 Å². The molecule has 168 valence electrons. The Morgan fingerprint density at radius 1 is 1.16 bits per heavy atom. The third-order valence-corrected chi connectivity index (χ3v) is 6.13. The third kappa shape index (κ3) is 5.32. The summed E-state index contributed by atoms with van der Waals surface area (Å²) in [5.41, 5.74) is 0.154. The lowest BCUT2D eigenvalue weighted by molar-refractivity contribution is -0.115. The lowest BCUT2D eigenvalue weighted by Crippen LogP contribution is -2.15. The first-order valence-corrected chi connectivity index (χ1v) is 11.2. The molecule has 0 saturated carbocycles. The molecule has 1 N–H and O–H groups in total. The first-order valence-electron chi connectivity index (χ1n) is 8.96. The molecule has 1 heterocycles. The van der Waals surface area contributed by atoms with Crippen LogP contribution in [0.25, 0.3) is 10.8 Å². The van der Waals surface area contributed by atoms with E-state index in [2.05, 4.69) is 14.7 Å². The quantitative estimate of drug-likeness (QED) is 0.236. The number of halogens is 4. The second-order valence-corrected chi connectivity index (χ2v) is 9.28. The molecule has 3 aromatic rings. The van der Waals surface area contributed by atoms with E-state index in [1.807, 2.05) is 0 Å². The second-order valence-electron chi connectivity index (χ2n) is 6.91. The maximum absolute atomic E-state index is 13.5. The van der Waals surface area contributed by atoms with E-state index < -0.39 is 27.6 Å². The molecule has 0 unspecified atom stereocenters. The first kappa shape index (κ1) is 23.8. The van der Waals surface area contributed by atoms with Crippen LogP contribution in [0.2, 0.25) is 10.2 Å². The van der Waals surface area contributed by atoms with Crippen molar-refractivity contribution >= 4 is 61.9 Å². The van der Waals surface area contributed by atoms with Crippen LogP contribution in [-0.2, 0) is 21.2 Å². The number of benzene rings is 2. The van der Waals surface area contributed by atoms with Crippen LogP contribution in [0.1, 0.15) is 5.56 Å². The first-order chi connectivity index (χ1) is 15.0. The summed E-state index contributed by atoms with van der Waals surface area (Å²) in [4.78, 5) is 17.7. The number of hydrogen-bond acceptors (Lipinski definition) is 4. The number of pyridine rings is 1. The van der Waals surface area contributed by atoms with Gasteiger partial charge >= 0.3 is 0 Å². The molecule has 1 amide bonds. The SMILES string of the molecule is CN(C)/C=N/S(=O)(=O)c1cc(NC(=O)Cc2cc(F)c(F)cc2Cl)cc2c(Cl)nccc12. The molecule has 0 aliphatic carbocycles. The highest BCUT2D eigenvalue weighted by Gasteiger charge is 2.20. The van der Waals surface area contributed by atoms with E-state index in [1.54, 1.807) is 14.1 Å². The van der Waals surface area contributed by atoms with Crippen molar-refractivity contribution < 1.29 is 22.0 Å². The number of rotatable bonds is 6. The Balaban J connectivity index is 2.01. The molecule has 3 rings (SSSR count). The van der Waals surface area contributed by atoms with E-state index in [4.69, 9.17) is 23.2 Å². The molecule has 32 heavy (non-hydrogen) atoms. The molecule has 0 atom stereocenters. The number of sulfonamides is 1. The minimum atomic E-state index is -4.16. The summed E-state index contributed by atoms with van der Waals surface area (Å²) in [5, 5.41) is 2.97. The van der Waals surface area contributed by atoms with Crippen molar-refractivity contribution in [3.63, 3.8) is 0 Å². The molecule has 7 nitrogen and oxygen atoms in total. The van der Waals surface area contributed by atoms with Crippen LogP contribution in [0.15, 0.2) is 45.8 Å². The standard InChI is InChI=1S/C20H16Cl2F2N4O3S/c1-28(2)10-26-32(30,31)18-8-12(7-14-13(18)3-4-25-20(14)22)27-19(29)6-11-5-16(23)17(24)9-15(11)21/h3-5,7-10H,6H2,1-2H3,(H,27,29)/b26-10+. The van der Waals surface area contributed by atoms with Gasteiger partial charge in [0.2, 0.25) is 5.91 Å². The largest absolute Gasteiger partial charge is 0.368 e. The van der Waals surface area contributed by atoms with Crippen LogP contribution in [0.3, 0.4) is 0 Å². The molecule has 0 radical (unpaired) electrons. The van der Waals surface area contributed by atoms with E-state index in [0.717, 1.165) is 18.5 Å². The maximum Gasteiger partial charge on any atom is 0.284 e. The number of nitrogens with one attached hydrogen (secondary N) is 1. The van der Waals surface area contributed by atoms with Gasteiger partial charge in [0.15, 0.2) is 11.6 Å². The molecule has 0 saturated heterocycles. The fourth-order valence-corrected chi connectivity index (χ4v) is 4.38. The number of carbonyl (C=O) groups excluding carboxylic acids is 1. The van der Waals surface area contributed by atoms with Gasteiger partial charge in [-0.15, -0.1) is 4.40 Å². The highest BCUT2D eigenvalue weighted by molar-refractivity contribution is 7.90. The van der Waals surface area contributed by atoms with Gasteiger partial charge in [-0.1, -0.05) is 23.2 Å². The van der Waals surface area contributed by atoms with Crippen molar-refractivity contribution in [2.24, 2.45) is 4.40 Å². The molecule has 0 aliphatic rings. The predicted octanol–water partition coefficient (Wildman–Crippen LogP) is 4.28. The molecule has 12 heteroatoms. The summed E-state index contributed by atoms with van der Waals surface area (Å²) in [6, 6.07) is 5.74. The number of anilines is 1. The van der Waals surface area contributed by atoms with Crippen LogP contribution < -0.4 is 5.32 Å². The zero-order valence-corrected chi connectivity index (χ0v) is 19.1. The van der Waals surface area contributed by atoms with Crippen molar-refractivity contribution in [3.8, 4) is 0 Å². The lowest BCUT2D eigenvalue weighted by atomic mass is 10.1. The van der Waals surface area contributed by atoms with Crippen molar-refractivity contribution in [3.05, 3.63) is 63.9 Å². The van der Waals surface area contributed by atoms with Gasteiger partial charge in [0.05, 0.1) is 11.3 Å². The van der Waals surface area contributed by atoms with Gasteiger partial charge in [-0.3, -0.25) is 4.79 Å². The van der Waals surface area contributed by atoms with Crippen molar-refractivity contribution in [1.29, 1.82) is 0 Å². The van der Waals surface area contributed by atoms with Gasteiger partial charge < -0.3 is 10.2 Å². The number of fused-ring (bicyclic) bond motifs is 1. The zero-order valence-electron chi connectivity index (χ0n) is 16.7. The van der Waals surface area contributed by atoms with Crippen LogP contribution in [-0.4, -0.2) is 44.6 Å². The number of aromatic nitrogens is 1. The van der Waals surface area contributed by atoms with E-state index in [0.29, 0.717) is 0 Å². The number of nitrogens with zero attached hydrogens (tertiary/aromatic N) is 3. The third-order valence-electron chi connectivity index (χ3n) is 4.21. The van der Waals surface area contributed by atoms with Crippen LogP contribution >= 0.6 is 23.2 Å². The molecule has 1 aromatic heterocycles. The Morgan fingerprint density at radius 3 is 2.53 bits per heavy atom. The van der Waals surface area contributed by atoms with Crippen molar-refractivity contribution in [2.75, 3.05) is 19.4 Å². The minimum absolute atomic E-state index is 0.0234. The van der Waals surface area contributed by atoms with Crippen LogP contribution in [0.4, 0.5) is 14.5 Å². The van der Waals surface area contributed by atoms with Gasteiger partial charge in [-0.2, -0.15) is 8.42 Å². The summed E-state index contributed by atoms with van der Waals surface area (Å²) in [5.74, 6) is -2.92. The van der Waals surface area contributed by atoms with Gasteiger partial charge in [0, 0.05) is 41.8 Å². The van der Waals surface area contributed by atoms with Crippen LogP contribution in [0.5, 0.6) is 0 Å². The maximum atomic E-state index is 13.5. The Morgan fingerprint density at radius 2 is 1.84 bits per heavy atom. The van der Waals surface area contributed by atoms with Gasteiger partial charge in [-0.25, -0.2) is 13.8 Å². The zero-order chi connectivity index (χ0) is 23.6. The Labute approximate surface area is 192 Å². The number of amides is 1. The Bertz CT molecular complexity index is 1350. The average Bonchev–Trinajstić information content (AvgIpc) is 2.70. The highest BCUT2D eigenvalue weighted by atomic mass is 35.5. The molecule has 0 spiro atoms.